The standard InChI is InChI=1S/C28H34N2O4/c1-5-23-18(3)15-28(32)26(19(4)34-27(28)31)25(23)14-13-22-12-11-21(16-29-22)24-10-8-7-9-20(24)17-30-33-6-2/h7-14,16-19,23,25-26,32H,5-6,15H2,1-4H3/b14-13+,30-17+/t18?,19-,23?,25?,26?,28?/m1/s1. The Kier molecular flexibility index (Phi) is 7.17. The number of ether oxygens (including phenoxy) is 1. The van der Waals surface area contributed by atoms with E-state index in [9.17, 15) is 9.90 Å². The Labute approximate surface area is 201 Å². The second-order valence-electron chi connectivity index (χ2n) is 9.46. The molecule has 34 heavy (non-hydrogen) atoms. The van der Waals surface area contributed by atoms with Crippen LogP contribution in [0.3, 0.4) is 0 Å². The number of hydrogen-bond acceptors (Lipinski definition) is 6. The lowest BCUT2D eigenvalue weighted by molar-refractivity contribution is -0.160. The van der Waals surface area contributed by atoms with E-state index >= 15 is 0 Å². The molecule has 0 amide bonds. The Morgan fingerprint density at radius 3 is 2.74 bits per heavy atom. The number of oxime groups is 1. The van der Waals surface area contributed by atoms with Gasteiger partial charge < -0.3 is 14.7 Å². The third-order valence-electron chi connectivity index (χ3n) is 7.39. The zero-order valence-electron chi connectivity index (χ0n) is 20.3. The molecule has 4 rings (SSSR count). The molecule has 1 N–H and O–H groups in total. The molecule has 1 aliphatic carbocycles. The molecule has 1 aromatic carbocycles. The van der Waals surface area contributed by atoms with E-state index in [1.54, 1.807) is 6.21 Å². The van der Waals surface area contributed by atoms with Crippen molar-refractivity contribution in [3.05, 3.63) is 59.9 Å². The zero-order chi connectivity index (χ0) is 24.3. The number of pyridine rings is 1. The Bertz CT molecular complexity index is 1060. The molecule has 2 fully saturated rings. The molecular formula is C28H34N2O4. The first-order chi connectivity index (χ1) is 16.4. The van der Waals surface area contributed by atoms with E-state index in [2.05, 4.69) is 30.1 Å². The Hall–Kier alpha value is -2.99. The average molecular weight is 463 g/mol. The van der Waals surface area contributed by atoms with Crippen LogP contribution in [0.1, 0.15) is 51.8 Å². The number of cyclic esters (lactones) is 1. The number of fused-ring (bicyclic) bond motifs is 1. The number of allylic oxidation sites excluding steroid dienone is 1. The summed E-state index contributed by atoms with van der Waals surface area (Å²) in [7, 11) is 0. The fraction of sp³-hybridized carbons (Fsp3) is 0.464. The molecule has 2 aromatic rings. The van der Waals surface area contributed by atoms with Gasteiger partial charge in [0.15, 0.2) is 5.60 Å². The quantitative estimate of drug-likeness (QED) is 0.351. The summed E-state index contributed by atoms with van der Waals surface area (Å²) >= 11 is 0. The van der Waals surface area contributed by atoms with E-state index in [4.69, 9.17) is 9.57 Å². The molecule has 0 radical (unpaired) electrons. The van der Waals surface area contributed by atoms with Crippen molar-refractivity contribution >= 4 is 18.3 Å². The summed E-state index contributed by atoms with van der Waals surface area (Å²) in [6, 6.07) is 12.0. The molecule has 2 aliphatic rings. The number of hydrogen-bond donors (Lipinski definition) is 1. The SMILES string of the molecule is CCO/N=C/c1ccccc1-c1ccc(/C=C/C2C(CC)C(C)CC3(O)C(=O)O[C@H](C)C23)nc1. The fourth-order valence-electron chi connectivity index (χ4n) is 5.86. The van der Waals surface area contributed by atoms with E-state index in [0.717, 1.165) is 28.8 Å². The first-order valence-electron chi connectivity index (χ1n) is 12.2. The van der Waals surface area contributed by atoms with Gasteiger partial charge in [-0.25, -0.2) is 4.79 Å². The maximum atomic E-state index is 12.5. The number of aromatic nitrogens is 1. The Morgan fingerprint density at radius 1 is 1.24 bits per heavy atom. The summed E-state index contributed by atoms with van der Waals surface area (Å²) in [6.45, 7) is 8.61. The van der Waals surface area contributed by atoms with Gasteiger partial charge in [-0.05, 0) is 55.7 Å². The predicted molar refractivity (Wildman–Crippen MR) is 133 cm³/mol. The highest BCUT2D eigenvalue weighted by atomic mass is 16.6. The molecular weight excluding hydrogens is 428 g/mol. The lowest BCUT2D eigenvalue weighted by Gasteiger charge is -2.45. The first kappa shape index (κ1) is 24.1. The Balaban J connectivity index is 1.58. The van der Waals surface area contributed by atoms with Crippen LogP contribution in [0.2, 0.25) is 0 Å². The van der Waals surface area contributed by atoms with Gasteiger partial charge >= 0.3 is 5.97 Å². The van der Waals surface area contributed by atoms with Crippen molar-refractivity contribution in [2.45, 2.75) is 52.2 Å². The van der Waals surface area contributed by atoms with Gasteiger partial charge in [-0.15, -0.1) is 0 Å². The third kappa shape index (κ3) is 4.51. The van der Waals surface area contributed by atoms with Crippen molar-refractivity contribution in [2.75, 3.05) is 6.61 Å². The highest BCUT2D eigenvalue weighted by molar-refractivity contribution is 5.90. The van der Waals surface area contributed by atoms with Gasteiger partial charge in [0.2, 0.25) is 0 Å². The maximum absolute atomic E-state index is 12.5. The molecule has 1 aliphatic heterocycles. The number of nitrogens with zero attached hydrogens (tertiary/aromatic N) is 2. The van der Waals surface area contributed by atoms with Crippen molar-refractivity contribution in [3.63, 3.8) is 0 Å². The molecule has 1 aromatic heterocycles. The van der Waals surface area contributed by atoms with Crippen LogP contribution in [0.4, 0.5) is 0 Å². The van der Waals surface area contributed by atoms with E-state index < -0.39 is 11.6 Å². The topological polar surface area (TPSA) is 81.0 Å². The van der Waals surface area contributed by atoms with Crippen molar-refractivity contribution in [2.24, 2.45) is 28.8 Å². The smallest absolute Gasteiger partial charge is 0.338 e. The zero-order valence-corrected chi connectivity index (χ0v) is 20.3. The predicted octanol–water partition coefficient (Wildman–Crippen LogP) is 5.11. The summed E-state index contributed by atoms with van der Waals surface area (Å²) in [5, 5.41) is 15.2. The molecule has 6 heteroatoms. The highest BCUT2D eigenvalue weighted by Gasteiger charge is 2.62. The van der Waals surface area contributed by atoms with Crippen LogP contribution in [0.5, 0.6) is 0 Å². The number of carbonyl (C=O) groups excluding carboxylic acids is 1. The van der Waals surface area contributed by atoms with Gasteiger partial charge in [0, 0.05) is 23.2 Å². The lowest BCUT2D eigenvalue weighted by atomic mass is 9.59. The summed E-state index contributed by atoms with van der Waals surface area (Å²) in [6.07, 6.45) is 8.85. The van der Waals surface area contributed by atoms with Crippen LogP contribution in [0.25, 0.3) is 17.2 Å². The first-order valence-corrected chi connectivity index (χ1v) is 12.2. The van der Waals surface area contributed by atoms with E-state index in [0.29, 0.717) is 18.9 Å². The minimum atomic E-state index is -1.40. The molecule has 0 bridgehead atoms. The van der Waals surface area contributed by atoms with E-state index in [1.165, 1.54) is 0 Å². The Morgan fingerprint density at radius 2 is 2.03 bits per heavy atom. The molecule has 6 nitrogen and oxygen atoms in total. The second kappa shape index (κ2) is 10.1. The number of rotatable bonds is 7. The molecule has 180 valence electrons. The van der Waals surface area contributed by atoms with Gasteiger partial charge in [-0.1, -0.05) is 61.8 Å². The van der Waals surface area contributed by atoms with E-state index in [-0.39, 0.29) is 23.9 Å². The maximum Gasteiger partial charge on any atom is 0.338 e. The second-order valence-corrected chi connectivity index (χ2v) is 9.46. The van der Waals surface area contributed by atoms with Crippen LogP contribution in [0.15, 0.2) is 53.8 Å². The van der Waals surface area contributed by atoms with Crippen molar-refractivity contribution in [1.82, 2.24) is 4.98 Å². The van der Waals surface area contributed by atoms with Gasteiger partial charge in [-0.3, -0.25) is 4.98 Å². The molecule has 0 spiro atoms. The number of carbonyl (C=O) groups is 1. The van der Waals surface area contributed by atoms with Crippen LogP contribution in [0, 0.1) is 23.7 Å². The van der Waals surface area contributed by atoms with Crippen LogP contribution < -0.4 is 0 Å². The number of aliphatic hydroxyl groups is 1. The molecule has 1 saturated heterocycles. The normalized spacial score (nSPS) is 31.1. The monoisotopic (exact) mass is 462 g/mol. The fourth-order valence-corrected chi connectivity index (χ4v) is 5.86. The molecule has 1 saturated carbocycles. The van der Waals surface area contributed by atoms with Gasteiger partial charge in [0.1, 0.15) is 12.7 Å². The van der Waals surface area contributed by atoms with E-state index in [1.807, 2.05) is 62.5 Å². The van der Waals surface area contributed by atoms with Crippen molar-refractivity contribution < 1.29 is 19.5 Å². The van der Waals surface area contributed by atoms with Crippen LogP contribution in [-0.2, 0) is 14.4 Å². The van der Waals surface area contributed by atoms with Crippen molar-refractivity contribution in [3.8, 4) is 11.1 Å². The summed E-state index contributed by atoms with van der Waals surface area (Å²) < 4.78 is 5.49. The number of esters is 1. The largest absolute Gasteiger partial charge is 0.460 e. The third-order valence-corrected chi connectivity index (χ3v) is 7.39. The molecule has 5 unspecified atom stereocenters. The van der Waals surface area contributed by atoms with Gasteiger partial charge in [-0.2, -0.15) is 0 Å². The lowest BCUT2D eigenvalue weighted by Crippen LogP contribution is -2.53. The van der Waals surface area contributed by atoms with Gasteiger partial charge in [0.25, 0.3) is 0 Å². The summed E-state index contributed by atoms with van der Waals surface area (Å²) in [5.74, 6) is -0.0811. The van der Waals surface area contributed by atoms with Crippen molar-refractivity contribution in [1.29, 1.82) is 0 Å². The highest BCUT2D eigenvalue weighted by Crippen LogP contribution is 2.52. The minimum Gasteiger partial charge on any atom is -0.460 e. The number of benzene rings is 1. The summed E-state index contributed by atoms with van der Waals surface area (Å²) in [4.78, 5) is 22.2. The van der Waals surface area contributed by atoms with Crippen LogP contribution in [-0.4, -0.2) is 40.6 Å². The molecule has 2 heterocycles. The average Bonchev–Trinajstić information content (AvgIpc) is 3.05. The minimum absolute atomic E-state index is 0.0391. The summed E-state index contributed by atoms with van der Waals surface area (Å²) in [5.41, 5.74) is 2.41. The van der Waals surface area contributed by atoms with Gasteiger partial charge in [0.05, 0.1) is 11.9 Å². The van der Waals surface area contributed by atoms with Crippen LogP contribution >= 0.6 is 0 Å². The molecule has 6 atom stereocenters.